The summed E-state index contributed by atoms with van der Waals surface area (Å²) in [6, 6.07) is 3.76. The lowest BCUT2D eigenvalue weighted by molar-refractivity contribution is 0.305. The molecule has 1 heterocycles. The molecule has 0 bridgehead atoms. The Morgan fingerprint density at radius 3 is 2.56 bits per heavy atom. The van der Waals surface area contributed by atoms with Crippen molar-refractivity contribution in [3.8, 4) is 0 Å². The van der Waals surface area contributed by atoms with Crippen molar-refractivity contribution in [1.82, 2.24) is 0 Å². The number of guanidine groups is 2. The number of aliphatic imine (C=N–C) groups is 2. The Labute approximate surface area is 145 Å². The minimum atomic E-state index is -3.56. The lowest BCUT2D eigenvalue weighted by Gasteiger charge is -2.46. The molecule has 3 rings (SSSR count). The van der Waals surface area contributed by atoms with Gasteiger partial charge in [-0.05, 0) is 43.9 Å². The number of sulfonamides is 1. The average molecular weight is 368 g/mol. The highest BCUT2D eigenvalue weighted by molar-refractivity contribution is 7.92. The molecule has 8 nitrogen and oxygen atoms in total. The molecule has 1 spiro atoms. The van der Waals surface area contributed by atoms with E-state index >= 15 is 0 Å². The van der Waals surface area contributed by atoms with Crippen molar-refractivity contribution in [2.24, 2.45) is 21.5 Å². The highest BCUT2D eigenvalue weighted by atomic mass is 32.2. The van der Waals surface area contributed by atoms with Crippen molar-refractivity contribution in [2.45, 2.75) is 37.8 Å². The van der Waals surface area contributed by atoms with Gasteiger partial charge in [-0.3, -0.25) is 9.62 Å². The lowest BCUT2D eigenvalue weighted by atomic mass is 9.87. The van der Waals surface area contributed by atoms with E-state index in [1.165, 1.54) is 18.2 Å². The first kappa shape index (κ1) is 17.5. The van der Waals surface area contributed by atoms with E-state index in [9.17, 15) is 12.8 Å². The van der Waals surface area contributed by atoms with Crippen molar-refractivity contribution in [3.05, 3.63) is 24.0 Å². The molecule has 1 saturated carbocycles. The molecule has 136 valence electrons. The fraction of sp³-hybridized carbons (Fsp3) is 0.467. The Hall–Kier alpha value is -2.36. The molecule has 0 atom stereocenters. The van der Waals surface area contributed by atoms with E-state index in [4.69, 9.17) is 11.5 Å². The number of nitrogens with two attached hydrogens (primary N) is 2. The number of hydrogen-bond acceptors (Lipinski definition) is 7. The van der Waals surface area contributed by atoms with Crippen molar-refractivity contribution in [2.75, 3.05) is 15.9 Å². The number of rotatable bonds is 3. The van der Waals surface area contributed by atoms with Crippen molar-refractivity contribution >= 4 is 33.3 Å². The number of hydrogen-bond donors (Lipinski definition) is 3. The van der Waals surface area contributed by atoms with Gasteiger partial charge >= 0.3 is 0 Å². The van der Waals surface area contributed by atoms with Crippen LogP contribution < -0.4 is 21.1 Å². The van der Waals surface area contributed by atoms with Gasteiger partial charge < -0.3 is 11.5 Å². The quantitative estimate of drug-likeness (QED) is 0.741. The zero-order valence-corrected chi connectivity index (χ0v) is 14.7. The molecular weight excluding hydrogens is 347 g/mol. The summed E-state index contributed by atoms with van der Waals surface area (Å²) in [6.45, 7) is 0. The summed E-state index contributed by atoms with van der Waals surface area (Å²) in [5.74, 6) is -0.378. The van der Waals surface area contributed by atoms with Gasteiger partial charge in [-0.15, -0.1) is 0 Å². The lowest BCUT2D eigenvalue weighted by Crippen LogP contribution is -2.58. The number of anilines is 2. The number of halogens is 1. The molecule has 0 amide bonds. The van der Waals surface area contributed by atoms with Gasteiger partial charge in [-0.1, -0.05) is 6.42 Å². The van der Waals surface area contributed by atoms with Crippen LogP contribution in [0, 0.1) is 5.82 Å². The van der Waals surface area contributed by atoms with Crippen LogP contribution in [0.3, 0.4) is 0 Å². The van der Waals surface area contributed by atoms with Gasteiger partial charge in [-0.25, -0.2) is 17.8 Å². The van der Waals surface area contributed by atoms with Crippen LogP contribution >= 0.6 is 0 Å². The largest absolute Gasteiger partial charge is 0.369 e. The van der Waals surface area contributed by atoms with Crippen LogP contribution in [0.4, 0.5) is 15.8 Å². The van der Waals surface area contributed by atoms with Gasteiger partial charge in [0.1, 0.15) is 11.5 Å². The number of nitrogens with one attached hydrogen (secondary N) is 1. The summed E-state index contributed by atoms with van der Waals surface area (Å²) >= 11 is 0. The third-order valence-corrected chi connectivity index (χ3v) is 4.94. The van der Waals surface area contributed by atoms with Crippen LogP contribution in [0.5, 0.6) is 0 Å². The van der Waals surface area contributed by atoms with Crippen LogP contribution in [-0.2, 0) is 10.0 Å². The predicted octanol–water partition coefficient (Wildman–Crippen LogP) is 1.31. The first-order chi connectivity index (χ1) is 11.7. The van der Waals surface area contributed by atoms with Crippen LogP contribution in [0.2, 0.25) is 0 Å². The van der Waals surface area contributed by atoms with Crippen LogP contribution in [0.15, 0.2) is 28.2 Å². The number of nitrogens with zero attached hydrogens (tertiary/aromatic N) is 3. The summed E-state index contributed by atoms with van der Waals surface area (Å²) < 4.78 is 39.7. The molecule has 5 N–H and O–H groups in total. The summed E-state index contributed by atoms with van der Waals surface area (Å²) in [5, 5.41) is 0. The van der Waals surface area contributed by atoms with E-state index in [0.717, 1.165) is 25.5 Å². The van der Waals surface area contributed by atoms with Gasteiger partial charge in [-0.2, -0.15) is 4.99 Å². The van der Waals surface area contributed by atoms with E-state index in [-0.39, 0.29) is 23.3 Å². The second kappa shape index (κ2) is 6.17. The van der Waals surface area contributed by atoms with Crippen molar-refractivity contribution in [1.29, 1.82) is 0 Å². The van der Waals surface area contributed by atoms with E-state index in [1.54, 1.807) is 4.90 Å². The van der Waals surface area contributed by atoms with Crippen LogP contribution in [0.25, 0.3) is 0 Å². The summed E-state index contributed by atoms with van der Waals surface area (Å²) in [5.41, 5.74) is 11.6. The molecule has 1 aliphatic heterocycles. The van der Waals surface area contributed by atoms with E-state index in [2.05, 4.69) is 14.7 Å². The molecule has 1 fully saturated rings. The monoisotopic (exact) mass is 368 g/mol. The van der Waals surface area contributed by atoms with Gasteiger partial charge in [0.15, 0.2) is 0 Å². The van der Waals surface area contributed by atoms with Gasteiger partial charge in [0, 0.05) is 0 Å². The zero-order chi connectivity index (χ0) is 18.2. The fourth-order valence-corrected chi connectivity index (χ4v) is 4.02. The molecule has 10 heteroatoms. The summed E-state index contributed by atoms with van der Waals surface area (Å²) in [7, 11) is -3.56. The second-order valence-corrected chi connectivity index (χ2v) is 8.10. The van der Waals surface area contributed by atoms with E-state index in [1.807, 2.05) is 0 Å². The van der Waals surface area contributed by atoms with Gasteiger partial charge in [0.05, 0.1) is 17.6 Å². The molecule has 1 aliphatic carbocycles. The molecule has 0 unspecified atom stereocenters. The molecule has 0 radical (unpaired) electrons. The standard InChI is InChI=1S/C15H21FN6O2S/c1-25(23,24)21-11-6-5-10(16)9-12(11)22-14(18)19-13(17)20-15(22)7-3-2-4-8-15/h5-6,9,21H,2-4,7-8H2,1H3,(H4,17,18,19,20). The Bertz CT molecular complexity index is 846. The first-order valence-electron chi connectivity index (χ1n) is 7.97. The summed E-state index contributed by atoms with van der Waals surface area (Å²) in [6.07, 6.45) is 5.23. The third-order valence-electron chi connectivity index (χ3n) is 4.35. The van der Waals surface area contributed by atoms with E-state index in [0.29, 0.717) is 12.8 Å². The SMILES string of the molecule is CS(=O)(=O)Nc1ccc(F)cc1N1C(N)=NC(N)=NC12CCCCC2. The average Bonchev–Trinajstić information content (AvgIpc) is 2.48. The van der Waals surface area contributed by atoms with E-state index < -0.39 is 21.5 Å². The van der Waals surface area contributed by atoms with Crippen molar-refractivity contribution < 1.29 is 12.8 Å². The predicted molar refractivity (Wildman–Crippen MR) is 96.4 cm³/mol. The molecule has 0 aromatic heterocycles. The van der Waals surface area contributed by atoms with Crippen LogP contribution in [0.1, 0.15) is 32.1 Å². The third kappa shape index (κ3) is 3.53. The van der Waals surface area contributed by atoms with Gasteiger partial charge in [0.25, 0.3) is 0 Å². The van der Waals surface area contributed by atoms with Crippen LogP contribution in [-0.4, -0.2) is 32.3 Å². The highest BCUT2D eigenvalue weighted by Crippen LogP contribution is 2.42. The highest BCUT2D eigenvalue weighted by Gasteiger charge is 2.43. The molecule has 2 aliphatic rings. The minimum absolute atomic E-state index is 0.0663. The maximum atomic E-state index is 13.9. The minimum Gasteiger partial charge on any atom is -0.369 e. The molecule has 1 aromatic carbocycles. The second-order valence-electron chi connectivity index (χ2n) is 6.35. The summed E-state index contributed by atoms with van der Waals surface area (Å²) in [4.78, 5) is 10.1. The van der Waals surface area contributed by atoms with Crippen molar-refractivity contribution in [3.63, 3.8) is 0 Å². The number of benzene rings is 1. The zero-order valence-electron chi connectivity index (χ0n) is 13.9. The molecule has 25 heavy (non-hydrogen) atoms. The Morgan fingerprint density at radius 1 is 1.24 bits per heavy atom. The Morgan fingerprint density at radius 2 is 1.92 bits per heavy atom. The Kier molecular flexibility index (Phi) is 4.31. The first-order valence-corrected chi connectivity index (χ1v) is 9.86. The molecular formula is C15H21FN6O2S. The smallest absolute Gasteiger partial charge is 0.229 e. The molecule has 0 saturated heterocycles. The van der Waals surface area contributed by atoms with Gasteiger partial charge in [0.2, 0.25) is 21.9 Å². The maximum absolute atomic E-state index is 13.9. The fourth-order valence-electron chi connectivity index (χ4n) is 3.45. The maximum Gasteiger partial charge on any atom is 0.229 e. The molecule has 1 aromatic rings. The Balaban J connectivity index is 2.15. The normalized spacial score (nSPS) is 20.2. The topological polar surface area (TPSA) is 126 Å².